The SMILES string of the molecule is CN=C(NCC(c1ccccc1)N1CCOCC1)NC1CCN(c2cccs2)CC1.I. The number of hydrogen-bond donors (Lipinski definition) is 2. The highest BCUT2D eigenvalue weighted by Gasteiger charge is 2.24. The third-order valence-electron chi connectivity index (χ3n) is 6.01. The standard InChI is InChI=1S/C23H33N5OS.HI/c1-24-23(26-20-9-11-28(12-10-20)22-8-5-17-30-22)25-18-21(19-6-3-2-4-7-19)27-13-15-29-16-14-27;/h2-8,17,20-21H,9-16,18H2,1H3,(H2,24,25,26);1H. The first-order valence-electron chi connectivity index (χ1n) is 11.0. The van der Waals surface area contributed by atoms with Crippen molar-refractivity contribution in [2.45, 2.75) is 24.9 Å². The normalized spacial score (nSPS) is 19.5. The van der Waals surface area contributed by atoms with Crippen molar-refractivity contribution in [2.75, 3.05) is 57.9 Å². The summed E-state index contributed by atoms with van der Waals surface area (Å²) in [5.41, 5.74) is 1.34. The molecule has 31 heavy (non-hydrogen) atoms. The molecule has 0 radical (unpaired) electrons. The molecule has 0 spiro atoms. The molecule has 2 N–H and O–H groups in total. The lowest BCUT2D eigenvalue weighted by Gasteiger charge is -2.36. The summed E-state index contributed by atoms with van der Waals surface area (Å²) in [6, 6.07) is 15.9. The van der Waals surface area contributed by atoms with Crippen LogP contribution in [0.1, 0.15) is 24.4 Å². The molecule has 1 atom stereocenters. The Bertz CT molecular complexity index is 775. The molecule has 6 nitrogen and oxygen atoms in total. The summed E-state index contributed by atoms with van der Waals surface area (Å²) in [6.45, 7) is 6.56. The Kier molecular flexibility index (Phi) is 9.89. The molecule has 170 valence electrons. The number of piperidine rings is 1. The van der Waals surface area contributed by atoms with Crippen LogP contribution in [-0.4, -0.2) is 69.9 Å². The zero-order valence-electron chi connectivity index (χ0n) is 18.2. The number of nitrogens with zero attached hydrogens (tertiary/aromatic N) is 3. The molecule has 4 rings (SSSR count). The van der Waals surface area contributed by atoms with E-state index in [1.54, 1.807) is 0 Å². The van der Waals surface area contributed by atoms with Crippen molar-refractivity contribution in [2.24, 2.45) is 4.99 Å². The number of guanidine groups is 1. The van der Waals surface area contributed by atoms with Gasteiger partial charge in [0.05, 0.1) is 24.3 Å². The maximum absolute atomic E-state index is 5.57. The van der Waals surface area contributed by atoms with E-state index in [1.165, 1.54) is 10.6 Å². The molecule has 0 saturated carbocycles. The van der Waals surface area contributed by atoms with Crippen LogP contribution in [0.5, 0.6) is 0 Å². The van der Waals surface area contributed by atoms with Gasteiger partial charge in [0.25, 0.3) is 0 Å². The lowest BCUT2D eigenvalue weighted by Crippen LogP contribution is -2.50. The van der Waals surface area contributed by atoms with Crippen molar-refractivity contribution in [1.29, 1.82) is 0 Å². The summed E-state index contributed by atoms with van der Waals surface area (Å²) in [6.07, 6.45) is 2.26. The number of rotatable bonds is 6. The molecule has 2 fully saturated rings. The number of hydrogen-bond acceptors (Lipinski definition) is 5. The fraction of sp³-hybridized carbons (Fsp3) is 0.522. The third-order valence-corrected chi connectivity index (χ3v) is 6.94. The molecule has 1 unspecified atom stereocenters. The van der Waals surface area contributed by atoms with Gasteiger partial charge < -0.3 is 20.3 Å². The van der Waals surface area contributed by atoms with Gasteiger partial charge in [0, 0.05) is 45.8 Å². The van der Waals surface area contributed by atoms with Crippen molar-refractivity contribution in [3.63, 3.8) is 0 Å². The van der Waals surface area contributed by atoms with Crippen LogP contribution < -0.4 is 15.5 Å². The van der Waals surface area contributed by atoms with Crippen molar-refractivity contribution >= 4 is 46.3 Å². The minimum absolute atomic E-state index is 0. The van der Waals surface area contributed by atoms with Crippen LogP contribution in [0.3, 0.4) is 0 Å². The molecule has 0 amide bonds. The van der Waals surface area contributed by atoms with Gasteiger partial charge in [-0.3, -0.25) is 9.89 Å². The first-order chi connectivity index (χ1) is 14.8. The van der Waals surface area contributed by atoms with Crippen LogP contribution in [0.4, 0.5) is 5.00 Å². The van der Waals surface area contributed by atoms with Crippen LogP contribution in [0, 0.1) is 0 Å². The lowest BCUT2D eigenvalue weighted by atomic mass is 10.0. The molecular formula is C23H34IN5OS. The molecule has 1 aromatic heterocycles. The number of anilines is 1. The zero-order chi connectivity index (χ0) is 20.6. The van der Waals surface area contributed by atoms with E-state index in [-0.39, 0.29) is 24.0 Å². The van der Waals surface area contributed by atoms with E-state index in [4.69, 9.17) is 4.74 Å². The van der Waals surface area contributed by atoms with E-state index in [0.717, 1.165) is 64.7 Å². The Morgan fingerprint density at radius 1 is 1.10 bits per heavy atom. The third kappa shape index (κ3) is 6.81. The summed E-state index contributed by atoms with van der Waals surface area (Å²) in [7, 11) is 1.86. The lowest BCUT2D eigenvalue weighted by molar-refractivity contribution is 0.0170. The second-order valence-electron chi connectivity index (χ2n) is 7.88. The van der Waals surface area contributed by atoms with Crippen LogP contribution in [0.15, 0.2) is 52.8 Å². The quantitative estimate of drug-likeness (QED) is 0.325. The van der Waals surface area contributed by atoms with Gasteiger partial charge in [-0.05, 0) is 35.9 Å². The Morgan fingerprint density at radius 3 is 2.48 bits per heavy atom. The molecule has 8 heteroatoms. The van der Waals surface area contributed by atoms with Crippen LogP contribution in [-0.2, 0) is 4.74 Å². The molecular weight excluding hydrogens is 521 g/mol. The topological polar surface area (TPSA) is 52.1 Å². The van der Waals surface area contributed by atoms with Gasteiger partial charge in [-0.25, -0.2) is 0 Å². The van der Waals surface area contributed by atoms with Gasteiger partial charge >= 0.3 is 0 Å². The van der Waals surface area contributed by atoms with Crippen LogP contribution in [0.25, 0.3) is 0 Å². The number of benzene rings is 1. The highest BCUT2D eigenvalue weighted by molar-refractivity contribution is 14.0. The molecule has 3 heterocycles. The maximum atomic E-state index is 5.57. The van der Waals surface area contributed by atoms with Gasteiger partial charge in [0.2, 0.25) is 0 Å². The highest BCUT2D eigenvalue weighted by atomic mass is 127. The molecule has 0 aliphatic carbocycles. The highest BCUT2D eigenvalue weighted by Crippen LogP contribution is 2.25. The minimum atomic E-state index is 0. The number of ether oxygens (including phenoxy) is 1. The smallest absolute Gasteiger partial charge is 0.191 e. The maximum Gasteiger partial charge on any atom is 0.191 e. The zero-order valence-corrected chi connectivity index (χ0v) is 21.4. The van der Waals surface area contributed by atoms with Crippen molar-refractivity contribution in [1.82, 2.24) is 15.5 Å². The second kappa shape index (κ2) is 12.6. The van der Waals surface area contributed by atoms with Crippen LogP contribution >= 0.6 is 35.3 Å². The van der Waals surface area contributed by atoms with Gasteiger partial charge in [0.1, 0.15) is 0 Å². The Balaban J connectivity index is 0.00000272. The predicted molar refractivity (Wildman–Crippen MR) is 141 cm³/mol. The minimum Gasteiger partial charge on any atom is -0.379 e. The van der Waals surface area contributed by atoms with Gasteiger partial charge in [-0.15, -0.1) is 35.3 Å². The first kappa shape index (κ1) is 24.3. The fourth-order valence-electron chi connectivity index (χ4n) is 4.30. The second-order valence-corrected chi connectivity index (χ2v) is 8.81. The largest absolute Gasteiger partial charge is 0.379 e. The summed E-state index contributed by atoms with van der Waals surface area (Å²) in [5, 5.41) is 10.8. The molecule has 2 aliphatic heterocycles. The molecule has 2 saturated heterocycles. The first-order valence-corrected chi connectivity index (χ1v) is 11.8. The number of thiophene rings is 1. The summed E-state index contributed by atoms with van der Waals surface area (Å²) in [5.74, 6) is 0.902. The van der Waals surface area contributed by atoms with Gasteiger partial charge in [-0.1, -0.05) is 30.3 Å². The molecule has 1 aromatic carbocycles. The molecule has 0 bridgehead atoms. The van der Waals surface area contributed by atoms with Crippen molar-refractivity contribution in [3.8, 4) is 0 Å². The van der Waals surface area contributed by atoms with Crippen molar-refractivity contribution in [3.05, 3.63) is 53.4 Å². The van der Waals surface area contributed by atoms with E-state index < -0.39 is 0 Å². The van der Waals surface area contributed by atoms with E-state index in [9.17, 15) is 0 Å². The Hall–Kier alpha value is -1.36. The van der Waals surface area contributed by atoms with Crippen molar-refractivity contribution < 1.29 is 4.74 Å². The molecule has 2 aliphatic rings. The monoisotopic (exact) mass is 555 g/mol. The van der Waals surface area contributed by atoms with Gasteiger partial charge in [-0.2, -0.15) is 0 Å². The average molecular weight is 556 g/mol. The summed E-state index contributed by atoms with van der Waals surface area (Å²) >= 11 is 1.83. The average Bonchev–Trinajstić information content (AvgIpc) is 3.35. The summed E-state index contributed by atoms with van der Waals surface area (Å²) < 4.78 is 5.57. The summed E-state index contributed by atoms with van der Waals surface area (Å²) in [4.78, 5) is 9.50. The van der Waals surface area contributed by atoms with Gasteiger partial charge in [0.15, 0.2) is 5.96 Å². The predicted octanol–water partition coefficient (Wildman–Crippen LogP) is 3.57. The number of aliphatic imine (C=N–C) groups is 1. The molecule has 2 aromatic rings. The number of morpholine rings is 1. The number of halogens is 1. The Labute approximate surface area is 207 Å². The number of nitrogens with one attached hydrogen (secondary N) is 2. The van der Waals surface area contributed by atoms with E-state index in [2.05, 4.69) is 73.3 Å². The van der Waals surface area contributed by atoms with E-state index >= 15 is 0 Å². The van der Waals surface area contributed by atoms with E-state index in [0.29, 0.717) is 12.1 Å². The van der Waals surface area contributed by atoms with E-state index in [1.807, 2.05) is 18.4 Å². The van der Waals surface area contributed by atoms with Crippen LogP contribution in [0.2, 0.25) is 0 Å². The fourth-order valence-corrected chi connectivity index (χ4v) is 5.08. The Morgan fingerprint density at radius 2 is 1.84 bits per heavy atom.